The fraction of sp³-hybridized carbons (Fsp3) is 0.312. The predicted octanol–water partition coefficient (Wildman–Crippen LogP) is 3.01. The first-order valence-electron chi connectivity index (χ1n) is 7.18. The van der Waals surface area contributed by atoms with Crippen molar-refractivity contribution in [1.82, 2.24) is 5.43 Å². The Hall–Kier alpha value is -2.83. The molecule has 0 saturated carbocycles. The summed E-state index contributed by atoms with van der Waals surface area (Å²) < 4.78 is 0. The van der Waals surface area contributed by atoms with Crippen molar-refractivity contribution in [3.8, 4) is 0 Å². The number of rotatable bonds is 4. The number of azo groups is 1. The van der Waals surface area contributed by atoms with E-state index < -0.39 is 0 Å². The number of aliphatic hydroxyl groups excluding tert-OH is 1. The third-order valence-corrected chi connectivity index (χ3v) is 3.36. The van der Waals surface area contributed by atoms with Gasteiger partial charge in [0.05, 0.1) is 11.4 Å². The van der Waals surface area contributed by atoms with E-state index in [0.717, 1.165) is 11.3 Å². The largest absolute Gasteiger partial charge is 0.510 e. The standard InChI is InChI=1S/C16H18N4O3/c1-9-8-14(23)18-19-15(9)12-4-6-13(7-5-12)17-20-16(10(2)21)11(3)22/h4-7,9,21H,8H2,1-3H3,(H,18,23)/b16-10-,20-17?. The van der Waals surface area contributed by atoms with Gasteiger partial charge in [-0.25, -0.2) is 5.43 Å². The van der Waals surface area contributed by atoms with E-state index in [1.54, 1.807) is 12.1 Å². The summed E-state index contributed by atoms with van der Waals surface area (Å²) in [5, 5.41) is 21.2. The van der Waals surface area contributed by atoms with Crippen molar-refractivity contribution in [2.24, 2.45) is 21.2 Å². The number of allylic oxidation sites excluding steroid dienone is 2. The third-order valence-electron chi connectivity index (χ3n) is 3.36. The molecule has 23 heavy (non-hydrogen) atoms. The third kappa shape index (κ3) is 4.09. The Morgan fingerprint density at radius 1 is 1.30 bits per heavy atom. The Morgan fingerprint density at radius 3 is 2.48 bits per heavy atom. The lowest BCUT2D eigenvalue weighted by Crippen LogP contribution is -2.31. The zero-order valence-corrected chi connectivity index (χ0v) is 13.2. The fourth-order valence-corrected chi connectivity index (χ4v) is 2.21. The molecule has 0 saturated heterocycles. The Bertz CT molecular complexity index is 713. The Balaban J connectivity index is 2.19. The molecule has 0 spiro atoms. The number of nitrogens with zero attached hydrogens (tertiary/aromatic N) is 3. The van der Waals surface area contributed by atoms with E-state index in [1.165, 1.54) is 13.8 Å². The van der Waals surface area contributed by atoms with Gasteiger partial charge in [0, 0.05) is 19.3 Å². The summed E-state index contributed by atoms with van der Waals surface area (Å²) in [6.07, 6.45) is 0.406. The Morgan fingerprint density at radius 2 is 1.96 bits per heavy atom. The minimum atomic E-state index is -0.355. The first-order chi connectivity index (χ1) is 10.9. The Kier molecular flexibility index (Phi) is 5.00. The van der Waals surface area contributed by atoms with Crippen LogP contribution < -0.4 is 5.43 Å². The summed E-state index contributed by atoms with van der Waals surface area (Å²) in [6, 6.07) is 7.11. The highest BCUT2D eigenvalue weighted by atomic mass is 16.3. The monoisotopic (exact) mass is 314 g/mol. The summed E-state index contributed by atoms with van der Waals surface area (Å²) in [7, 11) is 0. The van der Waals surface area contributed by atoms with Gasteiger partial charge in [-0.1, -0.05) is 19.1 Å². The maximum absolute atomic E-state index is 11.3. The van der Waals surface area contributed by atoms with Crippen LogP contribution in [0.5, 0.6) is 0 Å². The van der Waals surface area contributed by atoms with E-state index in [1.807, 2.05) is 19.1 Å². The number of ketones is 1. The lowest BCUT2D eigenvalue weighted by atomic mass is 9.94. The van der Waals surface area contributed by atoms with Gasteiger partial charge in [-0.05, 0) is 24.6 Å². The molecule has 0 bridgehead atoms. The highest BCUT2D eigenvalue weighted by Crippen LogP contribution is 2.20. The first kappa shape index (κ1) is 16.5. The van der Waals surface area contributed by atoms with Crippen LogP contribution in [0, 0.1) is 5.92 Å². The molecule has 2 N–H and O–H groups in total. The van der Waals surface area contributed by atoms with Crippen LogP contribution in [0.4, 0.5) is 5.69 Å². The average Bonchev–Trinajstić information content (AvgIpc) is 2.47. The van der Waals surface area contributed by atoms with E-state index in [-0.39, 0.29) is 29.1 Å². The Labute approximate surface area is 133 Å². The van der Waals surface area contributed by atoms with E-state index >= 15 is 0 Å². The van der Waals surface area contributed by atoms with Gasteiger partial charge in [-0.3, -0.25) is 9.59 Å². The number of Topliss-reactive ketones (excluding diaryl/α,β-unsaturated/α-hetero) is 1. The molecular formula is C16H18N4O3. The van der Waals surface area contributed by atoms with Crippen molar-refractivity contribution in [2.45, 2.75) is 27.2 Å². The molecule has 1 unspecified atom stereocenters. The molecule has 1 aromatic carbocycles. The molecular weight excluding hydrogens is 296 g/mol. The second kappa shape index (κ2) is 6.95. The first-order valence-corrected chi connectivity index (χ1v) is 7.18. The molecule has 0 radical (unpaired) electrons. The molecule has 7 heteroatoms. The molecule has 7 nitrogen and oxygen atoms in total. The molecule has 0 aromatic heterocycles. The van der Waals surface area contributed by atoms with E-state index in [9.17, 15) is 14.7 Å². The zero-order chi connectivity index (χ0) is 17.0. The van der Waals surface area contributed by atoms with Crippen LogP contribution >= 0.6 is 0 Å². The predicted molar refractivity (Wildman–Crippen MR) is 85.4 cm³/mol. The van der Waals surface area contributed by atoms with Crippen molar-refractivity contribution in [3.63, 3.8) is 0 Å². The van der Waals surface area contributed by atoms with E-state index in [0.29, 0.717) is 12.1 Å². The number of benzene rings is 1. The van der Waals surface area contributed by atoms with Crippen molar-refractivity contribution in [3.05, 3.63) is 41.3 Å². The number of nitrogens with one attached hydrogen (secondary N) is 1. The highest BCUT2D eigenvalue weighted by Gasteiger charge is 2.21. The van der Waals surface area contributed by atoms with Crippen LogP contribution in [0.1, 0.15) is 32.8 Å². The van der Waals surface area contributed by atoms with Gasteiger partial charge in [0.1, 0.15) is 5.76 Å². The summed E-state index contributed by atoms with van der Waals surface area (Å²) in [5.41, 5.74) is 4.65. The summed E-state index contributed by atoms with van der Waals surface area (Å²) in [6.45, 7) is 4.64. The van der Waals surface area contributed by atoms with Crippen molar-refractivity contribution in [1.29, 1.82) is 0 Å². The maximum atomic E-state index is 11.3. The van der Waals surface area contributed by atoms with Crippen molar-refractivity contribution < 1.29 is 14.7 Å². The normalized spacial score (nSPS) is 19.2. The van der Waals surface area contributed by atoms with Gasteiger partial charge < -0.3 is 5.11 Å². The smallest absolute Gasteiger partial charge is 0.240 e. The molecule has 1 heterocycles. The quantitative estimate of drug-likeness (QED) is 0.507. The van der Waals surface area contributed by atoms with Gasteiger partial charge in [-0.2, -0.15) is 10.2 Å². The van der Waals surface area contributed by atoms with Crippen molar-refractivity contribution >= 4 is 23.1 Å². The van der Waals surface area contributed by atoms with Gasteiger partial charge in [0.2, 0.25) is 5.91 Å². The highest BCUT2D eigenvalue weighted by molar-refractivity contribution is 6.05. The molecule has 1 aliphatic rings. The van der Waals surface area contributed by atoms with Gasteiger partial charge in [0.15, 0.2) is 11.5 Å². The van der Waals surface area contributed by atoms with Gasteiger partial charge >= 0.3 is 0 Å². The molecule has 1 aromatic rings. The summed E-state index contributed by atoms with van der Waals surface area (Å²) in [4.78, 5) is 22.6. The van der Waals surface area contributed by atoms with Crippen LogP contribution in [0.3, 0.4) is 0 Å². The SMILES string of the molecule is CC(=O)/C(N=Nc1ccc(C2=NNC(=O)CC2C)cc1)=C(\C)O. The van der Waals surface area contributed by atoms with Crippen LogP contribution in [0.2, 0.25) is 0 Å². The van der Waals surface area contributed by atoms with Gasteiger partial charge in [-0.15, -0.1) is 5.11 Å². The number of hydrogen-bond acceptors (Lipinski definition) is 6. The minimum Gasteiger partial charge on any atom is -0.510 e. The van der Waals surface area contributed by atoms with Crippen LogP contribution in [-0.4, -0.2) is 22.5 Å². The number of aliphatic hydroxyl groups is 1. The second-order valence-corrected chi connectivity index (χ2v) is 5.37. The molecule has 0 fully saturated rings. The topological polar surface area (TPSA) is 103 Å². The number of hydrazone groups is 1. The number of carbonyl (C=O) groups is 2. The average molecular weight is 314 g/mol. The molecule has 1 amide bonds. The van der Waals surface area contributed by atoms with Gasteiger partial charge in [0.25, 0.3) is 0 Å². The molecule has 1 aliphatic heterocycles. The minimum absolute atomic E-state index is 0.0421. The number of amides is 1. The summed E-state index contributed by atoms with van der Waals surface area (Å²) >= 11 is 0. The van der Waals surface area contributed by atoms with Crippen LogP contribution in [0.15, 0.2) is 51.1 Å². The van der Waals surface area contributed by atoms with Crippen LogP contribution in [-0.2, 0) is 9.59 Å². The zero-order valence-electron chi connectivity index (χ0n) is 13.2. The lowest BCUT2D eigenvalue weighted by molar-refractivity contribution is -0.122. The number of hydrogen-bond donors (Lipinski definition) is 2. The lowest BCUT2D eigenvalue weighted by Gasteiger charge is -2.19. The molecule has 1 atom stereocenters. The molecule has 2 rings (SSSR count). The summed E-state index contributed by atoms with van der Waals surface area (Å²) in [5.74, 6) is -0.569. The maximum Gasteiger partial charge on any atom is 0.240 e. The van der Waals surface area contributed by atoms with Crippen molar-refractivity contribution in [2.75, 3.05) is 0 Å². The molecule has 120 valence electrons. The fourth-order valence-electron chi connectivity index (χ4n) is 2.21. The van der Waals surface area contributed by atoms with Crippen LogP contribution in [0.25, 0.3) is 0 Å². The molecule has 0 aliphatic carbocycles. The number of carbonyl (C=O) groups excluding carboxylic acids is 2. The van der Waals surface area contributed by atoms with E-state index in [4.69, 9.17) is 0 Å². The van der Waals surface area contributed by atoms with E-state index in [2.05, 4.69) is 20.8 Å². The second-order valence-electron chi connectivity index (χ2n) is 5.37.